The molecule has 0 aliphatic carbocycles. The van der Waals surface area contributed by atoms with Gasteiger partial charge in [-0.05, 0) is 30.2 Å². The minimum absolute atomic E-state index is 0.0790. The summed E-state index contributed by atoms with van der Waals surface area (Å²) in [6.07, 6.45) is 0.0790. The minimum Gasteiger partial charge on any atom is -0.455 e. The third-order valence-electron chi connectivity index (χ3n) is 3.54. The van der Waals surface area contributed by atoms with Gasteiger partial charge in [0.1, 0.15) is 0 Å². The van der Waals surface area contributed by atoms with Crippen molar-refractivity contribution in [2.75, 3.05) is 0 Å². The molecule has 0 spiro atoms. The van der Waals surface area contributed by atoms with Crippen molar-refractivity contribution in [1.29, 1.82) is 0 Å². The molecule has 0 fully saturated rings. The highest BCUT2D eigenvalue weighted by Crippen LogP contribution is 2.23. The predicted octanol–water partition coefficient (Wildman–Crippen LogP) is 4.64. The highest BCUT2D eigenvalue weighted by atomic mass is 35.5. The van der Waals surface area contributed by atoms with Crippen molar-refractivity contribution in [3.8, 4) is 11.4 Å². The first-order valence-electron chi connectivity index (χ1n) is 7.51. The molecular formula is C18H14Cl2N2O3. The molecule has 2 aromatic carbocycles. The number of benzene rings is 2. The highest BCUT2D eigenvalue weighted by Gasteiger charge is 2.13. The minimum atomic E-state index is -0.422. The van der Waals surface area contributed by atoms with E-state index in [9.17, 15) is 4.79 Å². The van der Waals surface area contributed by atoms with Gasteiger partial charge in [0.05, 0.1) is 16.5 Å². The first kappa shape index (κ1) is 17.5. The van der Waals surface area contributed by atoms with Crippen LogP contribution in [0, 0.1) is 6.92 Å². The summed E-state index contributed by atoms with van der Waals surface area (Å²) in [4.78, 5) is 16.2. The van der Waals surface area contributed by atoms with Crippen molar-refractivity contribution >= 4 is 29.2 Å². The van der Waals surface area contributed by atoms with E-state index in [1.54, 1.807) is 18.2 Å². The van der Waals surface area contributed by atoms with Crippen molar-refractivity contribution in [2.24, 2.45) is 0 Å². The number of carbonyl (C=O) groups excluding carboxylic acids is 1. The maximum atomic E-state index is 11.9. The summed E-state index contributed by atoms with van der Waals surface area (Å²) in [7, 11) is 0. The summed E-state index contributed by atoms with van der Waals surface area (Å²) in [5.41, 5.74) is 2.62. The largest absolute Gasteiger partial charge is 0.455 e. The number of hydrogen-bond donors (Lipinski definition) is 0. The van der Waals surface area contributed by atoms with E-state index in [2.05, 4.69) is 10.1 Å². The van der Waals surface area contributed by atoms with Crippen molar-refractivity contribution < 1.29 is 14.1 Å². The number of nitrogens with zero attached hydrogens (tertiary/aromatic N) is 2. The molecule has 0 radical (unpaired) electrons. The molecule has 1 aromatic heterocycles. The van der Waals surface area contributed by atoms with E-state index in [-0.39, 0.29) is 18.9 Å². The molecule has 0 amide bonds. The van der Waals surface area contributed by atoms with E-state index in [0.717, 1.165) is 11.1 Å². The fourth-order valence-electron chi connectivity index (χ4n) is 2.26. The first-order chi connectivity index (χ1) is 12.0. The average molecular weight is 377 g/mol. The second-order valence-corrected chi connectivity index (χ2v) is 6.23. The summed E-state index contributed by atoms with van der Waals surface area (Å²) in [6.45, 7) is 1.88. The van der Waals surface area contributed by atoms with Gasteiger partial charge in [0.2, 0.25) is 5.82 Å². The molecule has 0 aliphatic heterocycles. The van der Waals surface area contributed by atoms with Gasteiger partial charge in [-0.25, -0.2) is 0 Å². The Morgan fingerprint density at radius 1 is 1.16 bits per heavy atom. The van der Waals surface area contributed by atoms with E-state index in [1.165, 1.54) is 0 Å². The Morgan fingerprint density at radius 3 is 2.72 bits per heavy atom. The second-order valence-electron chi connectivity index (χ2n) is 5.41. The molecule has 0 unspecified atom stereocenters. The molecule has 25 heavy (non-hydrogen) atoms. The number of esters is 1. The molecule has 0 saturated heterocycles. The number of aryl methyl sites for hydroxylation is 1. The Morgan fingerprint density at radius 2 is 1.96 bits per heavy atom. The van der Waals surface area contributed by atoms with Gasteiger partial charge < -0.3 is 9.26 Å². The van der Waals surface area contributed by atoms with Crippen LogP contribution in [0.4, 0.5) is 0 Å². The monoisotopic (exact) mass is 376 g/mol. The number of ether oxygens (including phenoxy) is 1. The Labute approximate surface area is 154 Å². The highest BCUT2D eigenvalue weighted by molar-refractivity contribution is 6.42. The number of halogens is 2. The van der Waals surface area contributed by atoms with Gasteiger partial charge in [-0.3, -0.25) is 4.79 Å². The maximum Gasteiger partial charge on any atom is 0.310 e. The van der Waals surface area contributed by atoms with Crippen molar-refractivity contribution in [2.45, 2.75) is 20.0 Å². The zero-order chi connectivity index (χ0) is 17.8. The fraction of sp³-hybridized carbons (Fsp3) is 0.167. The Balaban J connectivity index is 1.59. The number of hydrogen-bond acceptors (Lipinski definition) is 5. The Hall–Kier alpha value is -2.37. The lowest BCUT2D eigenvalue weighted by atomic mass is 10.1. The third kappa shape index (κ3) is 4.38. The quantitative estimate of drug-likeness (QED) is 0.606. The number of aromatic nitrogens is 2. The average Bonchev–Trinajstić information content (AvgIpc) is 3.05. The summed E-state index contributed by atoms with van der Waals surface area (Å²) < 4.78 is 10.3. The van der Waals surface area contributed by atoms with E-state index >= 15 is 0 Å². The maximum absolute atomic E-state index is 11.9. The van der Waals surface area contributed by atoms with Crippen LogP contribution >= 0.6 is 23.2 Å². The molecule has 1 heterocycles. The molecule has 5 nitrogen and oxygen atoms in total. The zero-order valence-electron chi connectivity index (χ0n) is 13.3. The Bertz CT molecular complexity index is 909. The first-order valence-corrected chi connectivity index (χ1v) is 8.26. The lowest BCUT2D eigenvalue weighted by molar-refractivity contribution is -0.144. The van der Waals surface area contributed by atoms with Crippen LogP contribution in [0.2, 0.25) is 10.0 Å². The van der Waals surface area contributed by atoms with E-state index in [1.807, 2.05) is 31.2 Å². The molecule has 3 aromatic rings. The van der Waals surface area contributed by atoms with Crippen LogP contribution in [0.3, 0.4) is 0 Å². The fourth-order valence-corrected chi connectivity index (χ4v) is 2.58. The van der Waals surface area contributed by atoms with Crippen molar-refractivity contribution in [3.05, 3.63) is 69.5 Å². The number of carbonyl (C=O) groups is 1. The van der Waals surface area contributed by atoms with Gasteiger partial charge >= 0.3 is 5.97 Å². The second kappa shape index (κ2) is 7.68. The zero-order valence-corrected chi connectivity index (χ0v) is 14.8. The van der Waals surface area contributed by atoms with Crippen LogP contribution in [0.1, 0.15) is 17.0 Å². The molecule has 0 aliphatic rings. The summed E-state index contributed by atoms with van der Waals surface area (Å²) in [6, 6.07) is 12.7. The van der Waals surface area contributed by atoms with Crippen LogP contribution in [0.5, 0.6) is 0 Å². The molecule has 3 rings (SSSR count). The lowest BCUT2D eigenvalue weighted by Crippen LogP contribution is -2.08. The molecule has 0 bridgehead atoms. The SMILES string of the molecule is Cc1ccccc1-c1noc(COC(=O)Cc2ccc(Cl)c(Cl)c2)n1. The van der Waals surface area contributed by atoms with Gasteiger partial charge in [0, 0.05) is 5.56 Å². The Kier molecular flexibility index (Phi) is 5.36. The molecule has 0 atom stereocenters. The van der Waals surface area contributed by atoms with Crippen LogP contribution < -0.4 is 0 Å². The molecule has 0 N–H and O–H groups in total. The van der Waals surface area contributed by atoms with Crippen LogP contribution in [0.25, 0.3) is 11.4 Å². The van der Waals surface area contributed by atoms with Crippen LogP contribution in [-0.2, 0) is 22.6 Å². The lowest BCUT2D eigenvalue weighted by Gasteiger charge is -2.03. The van der Waals surface area contributed by atoms with E-state index in [4.69, 9.17) is 32.5 Å². The third-order valence-corrected chi connectivity index (χ3v) is 4.28. The number of rotatable bonds is 5. The predicted molar refractivity (Wildman–Crippen MR) is 94.4 cm³/mol. The topological polar surface area (TPSA) is 65.2 Å². The summed E-state index contributed by atoms with van der Waals surface area (Å²) in [5.74, 6) is 0.281. The van der Waals surface area contributed by atoms with Crippen LogP contribution in [0.15, 0.2) is 47.0 Å². The smallest absolute Gasteiger partial charge is 0.310 e. The molecule has 7 heteroatoms. The van der Waals surface area contributed by atoms with E-state index < -0.39 is 5.97 Å². The standard InChI is InChI=1S/C18H14Cl2N2O3/c1-11-4-2-3-5-13(11)18-21-16(25-22-18)10-24-17(23)9-12-6-7-14(19)15(20)8-12/h2-8H,9-10H2,1H3. The van der Waals surface area contributed by atoms with Gasteiger partial charge in [0.25, 0.3) is 5.89 Å². The van der Waals surface area contributed by atoms with Crippen molar-refractivity contribution in [1.82, 2.24) is 10.1 Å². The molecule has 0 saturated carbocycles. The van der Waals surface area contributed by atoms with Crippen molar-refractivity contribution in [3.63, 3.8) is 0 Å². The molecule has 128 valence electrons. The van der Waals surface area contributed by atoms with E-state index in [0.29, 0.717) is 21.4 Å². The summed E-state index contributed by atoms with van der Waals surface area (Å²) >= 11 is 11.8. The van der Waals surface area contributed by atoms with Crippen LogP contribution in [-0.4, -0.2) is 16.1 Å². The molecular weight excluding hydrogens is 363 g/mol. The summed E-state index contributed by atoms with van der Waals surface area (Å²) in [5, 5.41) is 4.75. The van der Waals surface area contributed by atoms with Gasteiger partial charge in [-0.1, -0.05) is 58.7 Å². The normalized spacial score (nSPS) is 10.7. The van der Waals surface area contributed by atoms with Gasteiger partial charge in [0.15, 0.2) is 6.61 Å². The van der Waals surface area contributed by atoms with Gasteiger partial charge in [-0.2, -0.15) is 4.98 Å². The van der Waals surface area contributed by atoms with Gasteiger partial charge in [-0.15, -0.1) is 0 Å².